The molecule has 1 aromatic carbocycles. The van der Waals surface area contributed by atoms with Gasteiger partial charge in [0.1, 0.15) is 6.23 Å². The molecule has 1 aliphatic rings. The summed E-state index contributed by atoms with van der Waals surface area (Å²) >= 11 is 0. The quantitative estimate of drug-likeness (QED) is 0.259. The maximum Gasteiger partial charge on any atom is 0.444 e. The molecule has 200 valence electrons. The molecule has 1 saturated heterocycles. The fraction of sp³-hybridized carbons (Fsp3) is 0.412. The smallest absolute Gasteiger partial charge is 0.352 e. The molecule has 3 rings (SSSR count). The predicted molar refractivity (Wildman–Crippen MR) is 121 cm³/mol. The molecule has 0 saturated carbocycles. The van der Waals surface area contributed by atoms with Crippen molar-refractivity contribution in [3.63, 3.8) is 0 Å². The Labute approximate surface area is 201 Å². The van der Waals surface area contributed by atoms with Crippen molar-refractivity contribution in [3.05, 3.63) is 62.9 Å². The molecule has 4 atom stereocenters. The molecule has 2 heterocycles. The monoisotopic (exact) mass is 575 g/mol. The maximum absolute atomic E-state index is 14.0. The maximum atomic E-state index is 14.0. The van der Waals surface area contributed by atoms with Gasteiger partial charge in [0.15, 0.2) is 0 Å². The Bertz CT molecular complexity index is 1360. The van der Waals surface area contributed by atoms with E-state index in [9.17, 15) is 37.0 Å². The lowest BCUT2D eigenvalue weighted by molar-refractivity contribution is -0.0214. The molecule has 19 heteroatoms. The number of H-pyrrole nitrogens is 1. The van der Waals surface area contributed by atoms with Gasteiger partial charge in [-0.3, -0.25) is 33.1 Å². The molecule has 0 amide bonds. The van der Waals surface area contributed by atoms with E-state index in [1.54, 1.807) is 6.07 Å². The number of aromatic amines is 1. The van der Waals surface area contributed by atoms with Crippen LogP contribution in [0.1, 0.15) is 24.6 Å². The largest absolute Gasteiger partial charge is 0.444 e. The SMILES string of the molecule is Cc1cn(C2CCC(COP(=O)(Nc3ccccc3)OP(=O)(O)C(F)(F)P(=O)(O)O)O2)c(=O)[nH]c1=O. The van der Waals surface area contributed by atoms with Gasteiger partial charge in [-0.05, 0) is 31.9 Å². The lowest BCUT2D eigenvalue weighted by Crippen LogP contribution is -2.33. The Morgan fingerprint density at radius 3 is 2.42 bits per heavy atom. The number of alkyl halides is 2. The van der Waals surface area contributed by atoms with E-state index in [0.717, 1.165) is 4.57 Å². The van der Waals surface area contributed by atoms with Crippen LogP contribution in [0.2, 0.25) is 0 Å². The summed E-state index contributed by atoms with van der Waals surface area (Å²) in [4.78, 5) is 53.0. The summed E-state index contributed by atoms with van der Waals surface area (Å²) in [6.45, 7) is 0.805. The van der Waals surface area contributed by atoms with Crippen molar-refractivity contribution in [2.75, 3.05) is 11.7 Å². The molecule has 0 aliphatic carbocycles. The van der Waals surface area contributed by atoms with Gasteiger partial charge in [-0.15, -0.1) is 0 Å². The summed E-state index contributed by atoms with van der Waals surface area (Å²) in [5.74, 6) is 0. The average Bonchev–Trinajstić information content (AvgIpc) is 3.23. The summed E-state index contributed by atoms with van der Waals surface area (Å²) in [5.41, 5.74) is -1.16. The third-order valence-electron chi connectivity index (χ3n) is 4.92. The van der Waals surface area contributed by atoms with E-state index in [4.69, 9.17) is 19.0 Å². The topological polar surface area (TPSA) is 206 Å². The fourth-order valence-electron chi connectivity index (χ4n) is 3.10. The Kier molecular flexibility index (Phi) is 8.26. The number of anilines is 1. The van der Waals surface area contributed by atoms with Crippen molar-refractivity contribution in [1.82, 2.24) is 9.55 Å². The second kappa shape index (κ2) is 10.4. The number of rotatable bonds is 10. The third kappa shape index (κ3) is 6.28. The van der Waals surface area contributed by atoms with Crippen LogP contribution in [-0.4, -0.2) is 42.3 Å². The predicted octanol–water partition coefficient (Wildman–Crippen LogP) is 2.69. The fourth-order valence-corrected chi connectivity index (χ4v) is 7.55. The van der Waals surface area contributed by atoms with Crippen molar-refractivity contribution in [2.24, 2.45) is 0 Å². The first-order valence-electron chi connectivity index (χ1n) is 10.1. The molecule has 0 spiro atoms. The van der Waals surface area contributed by atoms with Gasteiger partial charge in [-0.2, -0.15) is 8.78 Å². The highest BCUT2D eigenvalue weighted by molar-refractivity contribution is 7.76. The van der Waals surface area contributed by atoms with Gasteiger partial charge in [0.2, 0.25) is 0 Å². The van der Waals surface area contributed by atoms with E-state index in [-0.39, 0.29) is 24.1 Å². The first kappa shape index (κ1) is 28.6. The summed E-state index contributed by atoms with van der Waals surface area (Å²) in [7, 11) is -18.3. The molecule has 1 aromatic heterocycles. The van der Waals surface area contributed by atoms with Gasteiger partial charge in [0.05, 0.1) is 12.7 Å². The highest BCUT2D eigenvalue weighted by Crippen LogP contribution is 2.77. The number of benzene rings is 1. The molecule has 4 unspecified atom stereocenters. The number of para-hydroxylation sites is 1. The van der Waals surface area contributed by atoms with Crippen LogP contribution in [0.25, 0.3) is 0 Å². The molecule has 2 aromatic rings. The second-order valence-corrected chi connectivity index (χ2v) is 13.4. The molecule has 0 radical (unpaired) electrons. The minimum atomic E-state index is -6.58. The van der Waals surface area contributed by atoms with Gasteiger partial charge in [0.25, 0.3) is 5.56 Å². The first-order valence-corrected chi connectivity index (χ1v) is 14.8. The number of aromatic nitrogens is 2. The highest BCUT2D eigenvalue weighted by Gasteiger charge is 2.67. The van der Waals surface area contributed by atoms with Gasteiger partial charge in [-0.25, -0.2) is 13.7 Å². The molecule has 1 aliphatic heterocycles. The Hall–Kier alpha value is -1.99. The van der Waals surface area contributed by atoms with Gasteiger partial charge < -0.3 is 19.4 Å². The second-order valence-electron chi connectivity index (χ2n) is 7.70. The van der Waals surface area contributed by atoms with Gasteiger partial charge in [-0.1, -0.05) is 18.2 Å². The van der Waals surface area contributed by atoms with Crippen molar-refractivity contribution in [3.8, 4) is 0 Å². The molecular formula is C17H22F2N3O11P3. The minimum Gasteiger partial charge on any atom is -0.352 e. The Balaban J connectivity index is 1.79. The zero-order valence-electron chi connectivity index (χ0n) is 18.4. The normalized spacial score (nSPS) is 22.1. The summed E-state index contributed by atoms with van der Waals surface area (Å²) in [5, 5.41) is -3.52. The molecule has 36 heavy (non-hydrogen) atoms. The zero-order chi connectivity index (χ0) is 26.9. The first-order chi connectivity index (χ1) is 16.5. The van der Waals surface area contributed by atoms with Gasteiger partial charge in [0, 0.05) is 17.4 Å². The molecule has 1 fully saturated rings. The van der Waals surface area contributed by atoms with Crippen LogP contribution in [0.4, 0.5) is 14.5 Å². The van der Waals surface area contributed by atoms with Crippen LogP contribution in [0.5, 0.6) is 0 Å². The van der Waals surface area contributed by atoms with E-state index in [2.05, 4.69) is 14.4 Å². The third-order valence-corrected chi connectivity index (χ3v) is 10.6. The molecule has 5 N–H and O–H groups in total. The molecule has 0 bridgehead atoms. The van der Waals surface area contributed by atoms with E-state index >= 15 is 0 Å². The Morgan fingerprint density at radius 2 is 1.81 bits per heavy atom. The van der Waals surface area contributed by atoms with Crippen LogP contribution >= 0.6 is 22.9 Å². The number of ether oxygens (including phenoxy) is 1. The van der Waals surface area contributed by atoms with Crippen LogP contribution in [0, 0.1) is 6.92 Å². The lowest BCUT2D eigenvalue weighted by Gasteiger charge is -2.27. The van der Waals surface area contributed by atoms with Crippen molar-refractivity contribution in [2.45, 2.75) is 37.5 Å². The van der Waals surface area contributed by atoms with Crippen LogP contribution in [0.15, 0.2) is 46.1 Å². The number of nitrogens with zero attached hydrogens (tertiary/aromatic N) is 1. The van der Waals surface area contributed by atoms with E-state index in [1.807, 2.05) is 0 Å². The van der Waals surface area contributed by atoms with Gasteiger partial charge >= 0.3 is 34.0 Å². The Morgan fingerprint density at radius 1 is 1.17 bits per heavy atom. The van der Waals surface area contributed by atoms with E-state index in [1.165, 1.54) is 37.4 Å². The van der Waals surface area contributed by atoms with Crippen LogP contribution in [0.3, 0.4) is 0 Å². The molecular weight excluding hydrogens is 553 g/mol. The summed E-state index contributed by atoms with van der Waals surface area (Å²) < 4.78 is 80.3. The van der Waals surface area contributed by atoms with Crippen molar-refractivity contribution >= 4 is 28.6 Å². The van der Waals surface area contributed by atoms with E-state index < -0.39 is 58.5 Å². The number of halogens is 2. The number of aryl methyl sites for hydroxylation is 1. The summed E-state index contributed by atoms with van der Waals surface area (Å²) in [6, 6.07) is 6.99. The van der Waals surface area contributed by atoms with Crippen molar-refractivity contribution < 1.29 is 50.7 Å². The summed E-state index contributed by atoms with van der Waals surface area (Å²) in [6.07, 6.45) is -0.0933. The lowest BCUT2D eigenvalue weighted by atomic mass is 10.2. The number of hydrogen-bond acceptors (Lipinski definition) is 8. The standard InChI is InChI=1S/C17H22F2N3O11P3/c1-11-9-22(16(24)20-15(11)23)14-8-7-13(32-14)10-31-36(30,21-12-5-3-2-4-6-12)33-35(28,29)17(18,19)34(25,26)27/h2-6,9,13-14H,7-8,10H2,1H3,(H,21,30)(H,28,29)(H,20,23,24)(H2,25,26,27). The molecule has 14 nitrogen and oxygen atoms in total. The van der Waals surface area contributed by atoms with Crippen LogP contribution in [-0.2, 0) is 27.3 Å². The zero-order valence-corrected chi connectivity index (χ0v) is 21.1. The number of nitrogens with one attached hydrogen (secondary N) is 2. The minimum absolute atomic E-state index is 0.0548. The highest BCUT2D eigenvalue weighted by atomic mass is 31.3. The van der Waals surface area contributed by atoms with E-state index in [0.29, 0.717) is 0 Å². The van der Waals surface area contributed by atoms with Crippen molar-refractivity contribution in [1.29, 1.82) is 0 Å². The van der Waals surface area contributed by atoms with Crippen LogP contribution < -0.4 is 16.3 Å². The average molecular weight is 575 g/mol. The number of hydrogen-bond donors (Lipinski definition) is 5.